The van der Waals surface area contributed by atoms with E-state index < -0.39 is 0 Å². The Hall–Kier alpha value is -3.47. The summed E-state index contributed by atoms with van der Waals surface area (Å²) in [6.45, 7) is 2.57. The van der Waals surface area contributed by atoms with Crippen molar-refractivity contribution in [2.45, 2.75) is 19.4 Å². The van der Waals surface area contributed by atoms with E-state index >= 15 is 0 Å². The number of fused-ring (bicyclic) bond motifs is 1. The molecule has 1 aliphatic heterocycles. The monoisotopic (exact) mass is 416 g/mol. The number of rotatable bonds is 7. The molecule has 1 amide bonds. The van der Waals surface area contributed by atoms with Crippen LogP contribution in [0, 0.1) is 0 Å². The second-order valence-corrected chi connectivity index (χ2v) is 7.68. The molecule has 0 saturated carbocycles. The van der Waals surface area contributed by atoms with Gasteiger partial charge in [-0.2, -0.15) is 0 Å². The zero-order valence-electron chi connectivity index (χ0n) is 18.1. The smallest absolute Gasteiger partial charge is 0.251 e. The number of carbonyl (C=O) groups is 1. The molecule has 0 unspecified atom stereocenters. The quantitative estimate of drug-likeness (QED) is 0.626. The maximum atomic E-state index is 12.4. The van der Waals surface area contributed by atoms with Crippen LogP contribution in [0.1, 0.15) is 27.0 Å². The predicted molar refractivity (Wildman–Crippen MR) is 123 cm³/mol. The molecule has 1 heterocycles. The molecule has 5 heteroatoms. The van der Waals surface area contributed by atoms with E-state index in [1.165, 1.54) is 22.4 Å². The second-order valence-electron chi connectivity index (χ2n) is 7.68. The first-order chi connectivity index (χ1) is 15.2. The average molecular weight is 417 g/mol. The summed E-state index contributed by atoms with van der Waals surface area (Å²) in [5.74, 6) is 1.03. The highest BCUT2D eigenvalue weighted by atomic mass is 16.5. The highest BCUT2D eigenvalue weighted by Crippen LogP contribution is 2.27. The first-order valence-corrected chi connectivity index (χ1v) is 10.6. The van der Waals surface area contributed by atoms with Crippen molar-refractivity contribution in [1.82, 2.24) is 5.32 Å². The van der Waals surface area contributed by atoms with Crippen LogP contribution in [0.5, 0.6) is 11.5 Å². The fourth-order valence-corrected chi connectivity index (χ4v) is 3.99. The Balaban J connectivity index is 1.30. The summed E-state index contributed by atoms with van der Waals surface area (Å²) in [7, 11) is 3.14. The van der Waals surface area contributed by atoms with Crippen LogP contribution in [0.15, 0.2) is 66.7 Å². The molecule has 4 rings (SSSR count). The zero-order valence-corrected chi connectivity index (χ0v) is 18.1. The number of hydrogen-bond donors (Lipinski definition) is 1. The van der Waals surface area contributed by atoms with Crippen molar-refractivity contribution in [3.05, 3.63) is 89.0 Å². The Morgan fingerprint density at radius 3 is 2.42 bits per heavy atom. The summed E-state index contributed by atoms with van der Waals surface area (Å²) < 4.78 is 10.5. The summed E-state index contributed by atoms with van der Waals surface area (Å²) >= 11 is 0. The van der Waals surface area contributed by atoms with Gasteiger partial charge in [-0.1, -0.05) is 36.4 Å². The van der Waals surface area contributed by atoms with E-state index in [-0.39, 0.29) is 5.91 Å². The van der Waals surface area contributed by atoms with E-state index in [9.17, 15) is 4.79 Å². The van der Waals surface area contributed by atoms with Crippen LogP contribution in [-0.4, -0.2) is 33.2 Å². The van der Waals surface area contributed by atoms with Gasteiger partial charge in [-0.3, -0.25) is 4.79 Å². The van der Waals surface area contributed by atoms with Crippen LogP contribution in [0.25, 0.3) is 0 Å². The normalized spacial score (nSPS) is 12.8. The molecule has 1 aliphatic rings. The molecule has 0 spiro atoms. The average Bonchev–Trinajstić information content (AvgIpc) is 2.83. The molecule has 3 aromatic rings. The number of anilines is 1. The van der Waals surface area contributed by atoms with Crippen molar-refractivity contribution in [1.29, 1.82) is 0 Å². The predicted octanol–water partition coefficient (Wildman–Crippen LogP) is 4.24. The molecular weight excluding hydrogens is 388 g/mol. The van der Waals surface area contributed by atoms with Crippen molar-refractivity contribution in [2.24, 2.45) is 0 Å². The fraction of sp³-hybridized carbons (Fsp3) is 0.269. The van der Waals surface area contributed by atoms with Gasteiger partial charge in [0.05, 0.1) is 14.2 Å². The third-order valence-electron chi connectivity index (χ3n) is 5.78. The highest BCUT2D eigenvalue weighted by molar-refractivity contribution is 5.94. The Morgan fingerprint density at radius 1 is 0.935 bits per heavy atom. The minimum atomic E-state index is -0.121. The molecule has 160 valence electrons. The second kappa shape index (κ2) is 9.56. The SMILES string of the molecule is COc1ccc(C(=O)NCCc2ccc(N3CCc4ccccc4C3)cc2)cc1OC. The van der Waals surface area contributed by atoms with Crippen molar-refractivity contribution in [3.63, 3.8) is 0 Å². The van der Waals surface area contributed by atoms with Crippen LogP contribution in [-0.2, 0) is 19.4 Å². The van der Waals surface area contributed by atoms with Gasteiger partial charge < -0.3 is 19.7 Å². The van der Waals surface area contributed by atoms with Crippen LogP contribution >= 0.6 is 0 Å². The summed E-state index contributed by atoms with van der Waals surface area (Å²) in [6.07, 6.45) is 1.86. The Morgan fingerprint density at radius 2 is 1.68 bits per heavy atom. The van der Waals surface area contributed by atoms with Gasteiger partial charge in [0.25, 0.3) is 5.91 Å². The summed E-state index contributed by atoms with van der Waals surface area (Å²) in [5, 5.41) is 2.98. The first kappa shape index (κ1) is 20.8. The molecule has 5 nitrogen and oxygen atoms in total. The van der Waals surface area contributed by atoms with Crippen molar-refractivity contribution in [3.8, 4) is 11.5 Å². The van der Waals surface area contributed by atoms with Crippen molar-refractivity contribution < 1.29 is 14.3 Å². The summed E-state index contributed by atoms with van der Waals surface area (Å²) in [6, 6.07) is 22.5. The molecule has 0 saturated heterocycles. The molecular formula is C26H28N2O3. The van der Waals surface area contributed by atoms with Crippen LogP contribution in [0.4, 0.5) is 5.69 Å². The van der Waals surface area contributed by atoms with E-state index in [0.717, 1.165) is 25.9 Å². The number of amides is 1. The minimum Gasteiger partial charge on any atom is -0.493 e. The standard InChI is InChI=1S/C26H28N2O3/c1-30-24-12-9-21(17-25(24)31-2)26(29)27-15-13-19-7-10-23(11-8-19)28-16-14-20-5-3-4-6-22(20)18-28/h3-12,17H,13-16,18H2,1-2H3,(H,27,29). The molecule has 0 fully saturated rings. The van der Waals surface area contributed by atoms with Gasteiger partial charge in [-0.25, -0.2) is 0 Å². The first-order valence-electron chi connectivity index (χ1n) is 10.6. The van der Waals surface area contributed by atoms with Gasteiger partial charge in [0.1, 0.15) is 0 Å². The lowest BCUT2D eigenvalue weighted by Crippen LogP contribution is -2.30. The van der Waals surface area contributed by atoms with E-state index in [4.69, 9.17) is 9.47 Å². The van der Waals surface area contributed by atoms with Gasteiger partial charge in [0, 0.05) is 30.9 Å². The Labute approximate surface area is 183 Å². The van der Waals surface area contributed by atoms with Gasteiger partial charge in [-0.15, -0.1) is 0 Å². The number of benzene rings is 3. The minimum absolute atomic E-state index is 0.121. The number of nitrogens with zero attached hydrogens (tertiary/aromatic N) is 1. The number of methoxy groups -OCH3 is 2. The van der Waals surface area contributed by atoms with Crippen LogP contribution < -0.4 is 19.7 Å². The van der Waals surface area contributed by atoms with Crippen molar-refractivity contribution in [2.75, 3.05) is 32.2 Å². The summed E-state index contributed by atoms with van der Waals surface area (Å²) in [4.78, 5) is 14.9. The molecule has 0 bridgehead atoms. The van der Waals surface area contributed by atoms with Crippen LogP contribution in [0.2, 0.25) is 0 Å². The lowest BCUT2D eigenvalue weighted by atomic mass is 9.99. The topological polar surface area (TPSA) is 50.8 Å². The number of carbonyl (C=O) groups excluding carboxylic acids is 1. The van der Waals surface area contributed by atoms with Gasteiger partial charge >= 0.3 is 0 Å². The van der Waals surface area contributed by atoms with Gasteiger partial charge in [0.15, 0.2) is 11.5 Å². The van der Waals surface area contributed by atoms with Crippen LogP contribution in [0.3, 0.4) is 0 Å². The Bertz CT molecular complexity index is 1050. The van der Waals surface area contributed by atoms with E-state index in [2.05, 4.69) is 58.7 Å². The van der Waals surface area contributed by atoms with E-state index in [0.29, 0.717) is 23.6 Å². The van der Waals surface area contributed by atoms with Gasteiger partial charge in [0.2, 0.25) is 0 Å². The largest absolute Gasteiger partial charge is 0.493 e. The molecule has 0 aromatic heterocycles. The number of ether oxygens (including phenoxy) is 2. The number of nitrogens with one attached hydrogen (secondary N) is 1. The molecule has 3 aromatic carbocycles. The lowest BCUT2D eigenvalue weighted by Gasteiger charge is -2.30. The molecule has 1 N–H and O–H groups in total. The zero-order chi connectivity index (χ0) is 21.6. The third-order valence-corrected chi connectivity index (χ3v) is 5.78. The van der Waals surface area contributed by atoms with Crippen molar-refractivity contribution >= 4 is 11.6 Å². The Kier molecular flexibility index (Phi) is 6.41. The van der Waals surface area contributed by atoms with E-state index in [1.54, 1.807) is 32.4 Å². The maximum Gasteiger partial charge on any atom is 0.251 e. The molecule has 0 radical (unpaired) electrons. The van der Waals surface area contributed by atoms with Gasteiger partial charge in [-0.05, 0) is 59.9 Å². The molecule has 0 atom stereocenters. The highest BCUT2D eigenvalue weighted by Gasteiger charge is 2.16. The number of hydrogen-bond acceptors (Lipinski definition) is 4. The maximum absolute atomic E-state index is 12.4. The van der Waals surface area contributed by atoms with E-state index in [1.807, 2.05) is 0 Å². The fourth-order valence-electron chi connectivity index (χ4n) is 3.99. The third kappa shape index (κ3) is 4.82. The lowest BCUT2D eigenvalue weighted by molar-refractivity contribution is 0.0953. The molecule has 31 heavy (non-hydrogen) atoms. The summed E-state index contributed by atoms with van der Waals surface area (Å²) in [5.41, 5.74) is 5.87. The molecule has 0 aliphatic carbocycles.